The second kappa shape index (κ2) is 8.41. The van der Waals surface area contributed by atoms with E-state index in [9.17, 15) is 14.7 Å². The normalized spacial score (nSPS) is 16.1. The molecule has 1 saturated heterocycles. The van der Waals surface area contributed by atoms with Crippen molar-refractivity contribution in [2.75, 3.05) is 25.5 Å². The Balaban J connectivity index is 1.36. The number of methoxy groups -OCH3 is 1. The maximum atomic E-state index is 12.7. The number of amides is 2. The minimum atomic E-state index is -0.385. The number of rotatable bonds is 6. The molecule has 1 atom stereocenters. The molecule has 30 heavy (non-hydrogen) atoms. The number of nitrogens with zero attached hydrogens (tertiary/aromatic N) is 2. The van der Waals surface area contributed by atoms with Crippen LogP contribution in [0.3, 0.4) is 0 Å². The van der Waals surface area contributed by atoms with Crippen LogP contribution in [0.1, 0.15) is 12.0 Å². The van der Waals surface area contributed by atoms with Gasteiger partial charge in [0.25, 0.3) is 0 Å². The van der Waals surface area contributed by atoms with E-state index in [1.54, 1.807) is 30.3 Å². The van der Waals surface area contributed by atoms with Crippen molar-refractivity contribution in [3.05, 3.63) is 60.3 Å². The third kappa shape index (κ3) is 4.35. The van der Waals surface area contributed by atoms with Crippen LogP contribution in [0.25, 0.3) is 10.9 Å². The molecule has 0 radical (unpaired) electrons. The summed E-state index contributed by atoms with van der Waals surface area (Å²) in [5.41, 5.74) is 2.42. The van der Waals surface area contributed by atoms with Gasteiger partial charge in [0.1, 0.15) is 11.5 Å². The summed E-state index contributed by atoms with van der Waals surface area (Å²) >= 11 is 0. The van der Waals surface area contributed by atoms with Crippen LogP contribution in [-0.2, 0) is 16.0 Å². The van der Waals surface area contributed by atoms with Gasteiger partial charge in [0.2, 0.25) is 11.8 Å². The molecule has 2 aromatic carbocycles. The topological polar surface area (TPSA) is 91.8 Å². The van der Waals surface area contributed by atoms with Gasteiger partial charge in [0.15, 0.2) is 0 Å². The number of benzene rings is 2. The minimum absolute atomic E-state index is 0.0161. The smallest absolute Gasteiger partial charge is 0.229 e. The Bertz CT molecular complexity index is 1080. The summed E-state index contributed by atoms with van der Waals surface area (Å²) in [6, 6.07) is 14.4. The van der Waals surface area contributed by atoms with Crippen molar-refractivity contribution in [1.82, 2.24) is 9.88 Å². The molecule has 7 heteroatoms. The molecule has 2 heterocycles. The number of aromatic hydroxyl groups is 1. The fourth-order valence-corrected chi connectivity index (χ4v) is 3.63. The van der Waals surface area contributed by atoms with Gasteiger partial charge in [-0.25, -0.2) is 0 Å². The van der Waals surface area contributed by atoms with Crippen molar-refractivity contribution in [3.8, 4) is 11.5 Å². The highest BCUT2D eigenvalue weighted by Gasteiger charge is 2.34. The van der Waals surface area contributed by atoms with Crippen molar-refractivity contribution in [2.24, 2.45) is 5.92 Å². The average Bonchev–Trinajstić information content (AvgIpc) is 3.13. The van der Waals surface area contributed by atoms with E-state index in [2.05, 4.69) is 10.3 Å². The molecule has 1 aliphatic rings. The molecule has 2 amide bonds. The van der Waals surface area contributed by atoms with E-state index in [1.807, 2.05) is 36.4 Å². The zero-order chi connectivity index (χ0) is 21.1. The van der Waals surface area contributed by atoms with E-state index >= 15 is 0 Å². The fourth-order valence-electron chi connectivity index (χ4n) is 3.63. The number of ether oxygens (including phenoxy) is 1. The van der Waals surface area contributed by atoms with Gasteiger partial charge in [-0.15, -0.1) is 0 Å². The molecule has 0 unspecified atom stereocenters. The second-order valence-electron chi connectivity index (χ2n) is 7.43. The first-order valence-corrected chi connectivity index (χ1v) is 9.82. The Morgan fingerprint density at radius 2 is 2.03 bits per heavy atom. The lowest BCUT2D eigenvalue weighted by molar-refractivity contribution is -0.128. The van der Waals surface area contributed by atoms with E-state index in [0.29, 0.717) is 25.2 Å². The number of phenols is 1. The van der Waals surface area contributed by atoms with Crippen LogP contribution >= 0.6 is 0 Å². The molecule has 7 nitrogen and oxygen atoms in total. The number of aromatic nitrogens is 1. The maximum absolute atomic E-state index is 12.7. The Labute approximate surface area is 174 Å². The summed E-state index contributed by atoms with van der Waals surface area (Å²) in [6.07, 6.45) is 2.50. The van der Waals surface area contributed by atoms with Gasteiger partial charge in [-0.05, 0) is 42.3 Å². The molecule has 0 bridgehead atoms. The number of anilines is 1. The minimum Gasteiger partial charge on any atom is -0.508 e. The number of hydrogen-bond donors (Lipinski definition) is 2. The van der Waals surface area contributed by atoms with Gasteiger partial charge in [0.05, 0.1) is 30.4 Å². The van der Waals surface area contributed by atoms with Crippen LogP contribution in [0.5, 0.6) is 11.5 Å². The van der Waals surface area contributed by atoms with Gasteiger partial charge in [0, 0.05) is 31.0 Å². The average molecular weight is 405 g/mol. The molecule has 1 fully saturated rings. The Kier molecular flexibility index (Phi) is 5.52. The molecular formula is C23H23N3O4. The molecule has 2 N–H and O–H groups in total. The number of pyridine rings is 1. The Hall–Kier alpha value is -3.61. The highest BCUT2D eigenvalue weighted by Crippen LogP contribution is 2.24. The summed E-state index contributed by atoms with van der Waals surface area (Å²) in [5.74, 6) is 0.366. The summed E-state index contributed by atoms with van der Waals surface area (Å²) in [6.45, 7) is 0.952. The molecule has 4 rings (SSSR count). The van der Waals surface area contributed by atoms with Crippen molar-refractivity contribution < 1.29 is 19.4 Å². The van der Waals surface area contributed by atoms with Gasteiger partial charge in [-0.2, -0.15) is 0 Å². The first-order valence-electron chi connectivity index (χ1n) is 9.82. The monoisotopic (exact) mass is 405 g/mol. The van der Waals surface area contributed by atoms with Gasteiger partial charge >= 0.3 is 0 Å². The summed E-state index contributed by atoms with van der Waals surface area (Å²) in [7, 11) is 1.60. The molecule has 0 saturated carbocycles. The van der Waals surface area contributed by atoms with E-state index in [-0.39, 0.29) is 29.9 Å². The largest absolute Gasteiger partial charge is 0.508 e. The number of likely N-dealkylation sites (tertiary alicyclic amines) is 1. The van der Waals surface area contributed by atoms with E-state index in [4.69, 9.17) is 4.74 Å². The Morgan fingerprint density at radius 1 is 1.23 bits per heavy atom. The predicted molar refractivity (Wildman–Crippen MR) is 113 cm³/mol. The molecule has 3 aromatic rings. The summed E-state index contributed by atoms with van der Waals surface area (Å²) < 4.78 is 5.20. The lowest BCUT2D eigenvalue weighted by Crippen LogP contribution is -2.30. The number of fused-ring (bicyclic) bond motifs is 1. The first kappa shape index (κ1) is 19.7. The van der Waals surface area contributed by atoms with E-state index in [0.717, 1.165) is 22.2 Å². The van der Waals surface area contributed by atoms with Gasteiger partial charge < -0.3 is 20.1 Å². The number of carbonyl (C=O) groups is 2. The maximum Gasteiger partial charge on any atom is 0.229 e. The molecule has 1 aromatic heterocycles. The third-order valence-corrected chi connectivity index (χ3v) is 5.35. The SMILES string of the molecule is COc1ccc2cc(NC(=O)[C@H]3CC(=O)N(CCc4ccc(O)cc4)C3)cnc2c1. The molecule has 0 aliphatic carbocycles. The van der Waals surface area contributed by atoms with Gasteiger partial charge in [-0.3, -0.25) is 14.6 Å². The van der Waals surface area contributed by atoms with E-state index < -0.39 is 0 Å². The molecule has 0 spiro atoms. The number of phenolic OH excluding ortho intramolecular Hbond substituents is 1. The lowest BCUT2D eigenvalue weighted by Gasteiger charge is -2.16. The quantitative estimate of drug-likeness (QED) is 0.658. The highest BCUT2D eigenvalue weighted by molar-refractivity contribution is 5.98. The third-order valence-electron chi connectivity index (χ3n) is 5.35. The van der Waals surface area contributed by atoms with Crippen LogP contribution in [0.15, 0.2) is 54.7 Å². The summed E-state index contributed by atoms with van der Waals surface area (Å²) in [4.78, 5) is 31.1. The number of nitrogens with one attached hydrogen (secondary N) is 1. The molecular weight excluding hydrogens is 382 g/mol. The zero-order valence-corrected chi connectivity index (χ0v) is 16.7. The number of hydrogen-bond acceptors (Lipinski definition) is 5. The second-order valence-corrected chi connectivity index (χ2v) is 7.43. The van der Waals surface area contributed by atoms with Crippen LogP contribution in [-0.4, -0.2) is 47.0 Å². The van der Waals surface area contributed by atoms with Crippen LogP contribution in [0.2, 0.25) is 0 Å². The Morgan fingerprint density at radius 3 is 2.80 bits per heavy atom. The highest BCUT2D eigenvalue weighted by atomic mass is 16.5. The van der Waals surface area contributed by atoms with Crippen LogP contribution in [0.4, 0.5) is 5.69 Å². The van der Waals surface area contributed by atoms with Crippen LogP contribution < -0.4 is 10.1 Å². The predicted octanol–water partition coefficient (Wildman–Crippen LogP) is 2.98. The number of carbonyl (C=O) groups excluding carboxylic acids is 2. The lowest BCUT2D eigenvalue weighted by atomic mass is 10.1. The van der Waals surface area contributed by atoms with Crippen molar-refractivity contribution in [2.45, 2.75) is 12.8 Å². The van der Waals surface area contributed by atoms with Crippen molar-refractivity contribution in [1.29, 1.82) is 0 Å². The first-order chi connectivity index (χ1) is 14.5. The van der Waals surface area contributed by atoms with Crippen molar-refractivity contribution >= 4 is 28.4 Å². The van der Waals surface area contributed by atoms with E-state index in [1.165, 1.54) is 0 Å². The summed E-state index contributed by atoms with van der Waals surface area (Å²) in [5, 5.41) is 13.1. The standard InChI is InChI=1S/C23H23N3O4/c1-30-20-7-4-16-10-18(13-24-21(16)12-20)25-23(29)17-11-22(28)26(14-17)9-8-15-2-5-19(27)6-3-15/h2-7,10,12-13,17,27H,8-9,11,14H2,1H3,(H,25,29)/t17-/m0/s1. The van der Waals surface area contributed by atoms with Crippen molar-refractivity contribution in [3.63, 3.8) is 0 Å². The fraction of sp³-hybridized carbons (Fsp3) is 0.261. The molecule has 1 aliphatic heterocycles. The van der Waals surface area contributed by atoms with Crippen LogP contribution in [0, 0.1) is 5.92 Å². The molecule has 154 valence electrons. The van der Waals surface area contributed by atoms with Gasteiger partial charge in [-0.1, -0.05) is 12.1 Å². The zero-order valence-electron chi connectivity index (χ0n) is 16.7.